The first-order valence-electron chi connectivity index (χ1n) is 3.94. The van der Waals surface area contributed by atoms with E-state index in [-0.39, 0.29) is 0 Å². The first-order valence-corrected chi connectivity index (χ1v) is 5.06. The summed E-state index contributed by atoms with van der Waals surface area (Å²) in [7, 11) is 0. The molecule has 0 saturated carbocycles. The Balaban J connectivity index is 2.75. The normalized spacial score (nSPS) is 10.1. The number of rotatable bonds is 3. The molecule has 1 rings (SSSR count). The van der Waals surface area contributed by atoms with Crippen LogP contribution in [0, 0.1) is 0 Å². The van der Waals surface area contributed by atoms with Crippen LogP contribution in [0.15, 0.2) is 18.2 Å². The van der Waals surface area contributed by atoms with Gasteiger partial charge in [0.15, 0.2) is 0 Å². The quantitative estimate of drug-likeness (QED) is 0.616. The molecule has 2 nitrogen and oxygen atoms in total. The predicted octanol–water partition coefficient (Wildman–Crippen LogP) is 2.18. The van der Waals surface area contributed by atoms with E-state index in [4.69, 9.17) is 11.5 Å². The minimum atomic E-state index is 0.786. The molecule has 4 N–H and O–H groups in total. The molecule has 0 aromatic heterocycles. The Hall–Kier alpha value is -0.700. The predicted molar refractivity (Wildman–Crippen MR) is 57.4 cm³/mol. The lowest BCUT2D eigenvalue weighted by Gasteiger charge is -2.04. The number of anilines is 2. The molecule has 0 heterocycles. The Morgan fingerprint density at radius 2 is 2.00 bits per heavy atom. The average molecular weight is 229 g/mol. The third-order valence-electron chi connectivity index (χ3n) is 1.75. The minimum Gasteiger partial charge on any atom is -0.399 e. The fourth-order valence-electron chi connectivity index (χ4n) is 1.10. The van der Waals surface area contributed by atoms with E-state index in [0.29, 0.717) is 0 Å². The van der Waals surface area contributed by atoms with Gasteiger partial charge in [-0.3, -0.25) is 0 Å². The van der Waals surface area contributed by atoms with Crippen molar-refractivity contribution in [3.8, 4) is 0 Å². The highest BCUT2D eigenvalue weighted by molar-refractivity contribution is 9.09. The van der Waals surface area contributed by atoms with Gasteiger partial charge in [-0.2, -0.15) is 0 Å². The molecule has 3 heteroatoms. The molecule has 0 unspecified atom stereocenters. The molecule has 66 valence electrons. The molecule has 0 aliphatic carbocycles. The van der Waals surface area contributed by atoms with Crippen molar-refractivity contribution in [3.63, 3.8) is 0 Å². The molecule has 0 radical (unpaired) electrons. The van der Waals surface area contributed by atoms with Crippen LogP contribution in [0.1, 0.15) is 12.0 Å². The van der Waals surface area contributed by atoms with Crippen molar-refractivity contribution in [1.29, 1.82) is 0 Å². The van der Waals surface area contributed by atoms with Crippen molar-refractivity contribution in [2.24, 2.45) is 0 Å². The van der Waals surface area contributed by atoms with Gasteiger partial charge in [0.25, 0.3) is 0 Å². The minimum absolute atomic E-state index is 0.786. The summed E-state index contributed by atoms with van der Waals surface area (Å²) in [6, 6.07) is 5.63. The maximum absolute atomic E-state index is 5.76. The van der Waals surface area contributed by atoms with E-state index < -0.39 is 0 Å². The molecule has 0 amide bonds. The molecule has 1 aromatic rings. The Morgan fingerprint density at radius 3 is 2.67 bits per heavy atom. The zero-order valence-corrected chi connectivity index (χ0v) is 8.47. The second kappa shape index (κ2) is 4.36. The van der Waals surface area contributed by atoms with Crippen molar-refractivity contribution >= 4 is 27.3 Å². The highest BCUT2D eigenvalue weighted by Crippen LogP contribution is 2.17. The Morgan fingerprint density at radius 1 is 1.25 bits per heavy atom. The Labute approximate surface area is 81.1 Å². The van der Waals surface area contributed by atoms with Gasteiger partial charge in [0.05, 0.1) is 0 Å². The zero-order chi connectivity index (χ0) is 8.97. The smallest absolute Gasteiger partial charge is 0.0348 e. The van der Waals surface area contributed by atoms with E-state index in [0.717, 1.165) is 35.1 Å². The van der Waals surface area contributed by atoms with E-state index in [1.807, 2.05) is 18.2 Å². The summed E-state index contributed by atoms with van der Waals surface area (Å²) in [5, 5.41) is 1.00. The van der Waals surface area contributed by atoms with Crippen LogP contribution in [-0.4, -0.2) is 5.33 Å². The van der Waals surface area contributed by atoms with Crippen LogP contribution in [0.25, 0.3) is 0 Å². The highest BCUT2D eigenvalue weighted by atomic mass is 79.9. The summed E-state index contributed by atoms with van der Waals surface area (Å²) < 4.78 is 0. The van der Waals surface area contributed by atoms with E-state index in [1.165, 1.54) is 0 Å². The van der Waals surface area contributed by atoms with Gasteiger partial charge in [0.1, 0.15) is 0 Å². The molecule has 0 spiro atoms. The van der Waals surface area contributed by atoms with E-state index in [9.17, 15) is 0 Å². The number of halogens is 1. The number of alkyl halides is 1. The topological polar surface area (TPSA) is 52.0 Å². The molecule has 1 aromatic carbocycles. The van der Waals surface area contributed by atoms with E-state index in [1.54, 1.807) is 0 Å². The lowest BCUT2D eigenvalue weighted by Crippen LogP contribution is -1.96. The van der Waals surface area contributed by atoms with E-state index >= 15 is 0 Å². The molecular weight excluding hydrogens is 216 g/mol. The second-order valence-electron chi connectivity index (χ2n) is 2.75. The fraction of sp³-hybridized carbons (Fsp3) is 0.333. The van der Waals surface area contributed by atoms with Gasteiger partial charge in [-0.05, 0) is 36.6 Å². The lowest BCUT2D eigenvalue weighted by atomic mass is 10.1. The molecule has 0 aliphatic rings. The lowest BCUT2D eigenvalue weighted by molar-refractivity contribution is 0.943. The average Bonchev–Trinajstić information content (AvgIpc) is 2.07. The summed E-state index contributed by atoms with van der Waals surface area (Å²) in [6.45, 7) is 0. The molecule has 0 bridgehead atoms. The maximum atomic E-state index is 5.76. The van der Waals surface area contributed by atoms with Gasteiger partial charge in [0.2, 0.25) is 0 Å². The van der Waals surface area contributed by atoms with Gasteiger partial charge in [-0.25, -0.2) is 0 Å². The van der Waals surface area contributed by atoms with E-state index in [2.05, 4.69) is 15.9 Å². The second-order valence-corrected chi connectivity index (χ2v) is 3.54. The van der Waals surface area contributed by atoms with Gasteiger partial charge in [-0.1, -0.05) is 15.9 Å². The van der Waals surface area contributed by atoms with Crippen molar-refractivity contribution < 1.29 is 0 Å². The standard InChI is InChI=1S/C9H13BrN2/c10-5-1-2-7-6-8(11)3-4-9(7)12/h3-4,6H,1-2,5,11-12H2. The van der Waals surface area contributed by atoms with Crippen molar-refractivity contribution in [1.82, 2.24) is 0 Å². The number of nitrogens with two attached hydrogens (primary N) is 2. The number of hydrogen-bond donors (Lipinski definition) is 2. The number of benzene rings is 1. The number of hydrogen-bond acceptors (Lipinski definition) is 2. The molecule has 0 aliphatic heterocycles. The third-order valence-corrected chi connectivity index (χ3v) is 2.31. The largest absolute Gasteiger partial charge is 0.399 e. The van der Waals surface area contributed by atoms with Crippen LogP contribution in [0.3, 0.4) is 0 Å². The van der Waals surface area contributed by atoms with Crippen LogP contribution in [-0.2, 0) is 6.42 Å². The van der Waals surface area contributed by atoms with Gasteiger partial charge >= 0.3 is 0 Å². The number of aryl methyl sites for hydroxylation is 1. The van der Waals surface area contributed by atoms with Crippen LogP contribution >= 0.6 is 15.9 Å². The van der Waals surface area contributed by atoms with Gasteiger partial charge in [-0.15, -0.1) is 0 Å². The van der Waals surface area contributed by atoms with Gasteiger partial charge < -0.3 is 11.5 Å². The van der Waals surface area contributed by atoms with Crippen molar-refractivity contribution in [2.75, 3.05) is 16.8 Å². The van der Waals surface area contributed by atoms with Crippen LogP contribution in [0.4, 0.5) is 11.4 Å². The summed E-state index contributed by atoms with van der Waals surface area (Å²) >= 11 is 3.38. The summed E-state index contributed by atoms with van der Waals surface area (Å²) in [4.78, 5) is 0. The summed E-state index contributed by atoms with van der Waals surface area (Å²) in [5.74, 6) is 0. The summed E-state index contributed by atoms with van der Waals surface area (Å²) in [5.41, 5.74) is 14.2. The van der Waals surface area contributed by atoms with Crippen LogP contribution in [0.2, 0.25) is 0 Å². The Bertz CT molecular complexity index is 261. The highest BCUT2D eigenvalue weighted by Gasteiger charge is 1.98. The molecule has 0 fully saturated rings. The number of nitrogen functional groups attached to an aromatic ring is 2. The first-order chi connectivity index (χ1) is 5.74. The van der Waals surface area contributed by atoms with Crippen molar-refractivity contribution in [2.45, 2.75) is 12.8 Å². The first kappa shape index (κ1) is 9.39. The Kier molecular flexibility index (Phi) is 3.41. The van der Waals surface area contributed by atoms with Crippen LogP contribution in [0.5, 0.6) is 0 Å². The molecule has 0 saturated heterocycles. The maximum Gasteiger partial charge on any atom is 0.0348 e. The zero-order valence-electron chi connectivity index (χ0n) is 6.89. The van der Waals surface area contributed by atoms with Crippen LogP contribution < -0.4 is 11.5 Å². The van der Waals surface area contributed by atoms with Crippen molar-refractivity contribution in [3.05, 3.63) is 23.8 Å². The molecule has 12 heavy (non-hydrogen) atoms. The fourth-order valence-corrected chi connectivity index (χ4v) is 1.38. The third kappa shape index (κ3) is 2.41. The molecule has 0 atom stereocenters. The monoisotopic (exact) mass is 228 g/mol. The summed E-state index contributed by atoms with van der Waals surface area (Å²) in [6.07, 6.45) is 2.08. The van der Waals surface area contributed by atoms with Gasteiger partial charge in [0, 0.05) is 16.7 Å². The molecular formula is C9H13BrN2. The SMILES string of the molecule is Nc1ccc(N)c(CCCBr)c1.